The molecule has 0 aliphatic carbocycles. The average Bonchev–Trinajstić information content (AvgIpc) is 2.64. The monoisotopic (exact) mass is 445 g/mol. The molecule has 142 valence electrons. The number of urea groups is 1. The number of rotatable bonds is 5. The Morgan fingerprint density at radius 3 is 2.29 bits per heavy atom. The second-order valence-electron chi connectivity index (χ2n) is 5.69. The van der Waals surface area contributed by atoms with Gasteiger partial charge in [0.1, 0.15) is 17.9 Å². The lowest BCUT2D eigenvalue weighted by Crippen LogP contribution is -2.51. The average molecular weight is 446 g/mol. The molecule has 0 radical (unpaired) electrons. The minimum atomic E-state index is -0.879. The van der Waals surface area contributed by atoms with Gasteiger partial charge in [0.2, 0.25) is 0 Å². The molecule has 1 saturated heterocycles. The second kappa shape index (κ2) is 8.01. The molecular weight excluding hydrogens is 434 g/mol. The topological polar surface area (TPSA) is 128 Å². The molecule has 2 aromatic rings. The fourth-order valence-corrected chi connectivity index (χ4v) is 2.78. The van der Waals surface area contributed by atoms with Crippen LogP contribution in [0.3, 0.4) is 0 Å². The van der Waals surface area contributed by atoms with Crippen LogP contribution in [0.5, 0.6) is 5.75 Å². The molecule has 0 bridgehead atoms. The molecule has 1 heterocycles. The number of nitro groups is 1. The highest BCUT2D eigenvalue weighted by Crippen LogP contribution is 2.27. The van der Waals surface area contributed by atoms with E-state index < -0.39 is 22.8 Å². The lowest BCUT2D eigenvalue weighted by molar-refractivity contribution is -0.384. The quantitative estimate of drug-likeness (QED) is 0.315. The first-order valence-electron chi connectivity index (χ1n) is 7.87. The first-order valence-corrected chi connectivity index (χ1v) is 8.67. The van der Waals surface area contributed by atoms with Crippen molar-refractivity contribution in [3.8, 4) is 5.75 Å². The molecule has 3 rings (SSSR count). The van der Waals surface area contributed by atoms with Crippen LogP contribution in [-0.2, 0) is 16.2 Å². The smallest absolute Gasteiger partial charge is 0.328 e. The summed E-state index contributed by atoms with van der Waals surface area (Å²) in [5, 5.41) is 14.7. The number of hydrogen-bond donors (Lipinski definition) is 2. The third-order valence-electron chi connectivity index (χ3n) is 3.76. The minimum Gasteiger partial charge on any atom is -0.488 e. The van der Waals surface area contributed by atoms with E-state index in [1.807, 2.05) is 10.6 Å². The number of imide groups is 2. The van der Waals surface area contributed by atoms with Crippen molar-refractivity contribution < 1.29 is 24.0 Å². The van der Waals surface area contributed by atoms with Crippen LogP contribution in [0, 0.1) is 10.1 Å². The maximum absolute atomic E-state index is 11.9. The van der Waals surface area contributed by atoms with E-state index in [9.17, 15) is 24.5 Å². The van der Waals surface area contributed by atoms with Crippen LogP contribution in [0.2, 0.25) is 0 Å². The minimum absolute atomic E-state index is 0.0262. The van der Waals surface area contributed by atoms with E-state index in [-0.39, 0.29) is 17.9 Å². The zero-order chi connectivity index (χ0) is 20.3. The van der Waals surface area contributed by atoms with E-state index in [0.29, 0.717) is 21.3 Å². The Bertz CT molecular complexity index is 994. The largest absolute Gasteiger partial charge is 0.488 e. The molecule has 1 fully saturated rings. The molecule has 0 aromatic heterocycles. The zero-order valence-corrected chi connectivity index (χ0v) is 15.7. The molecule has 28 heavy (non-hydrogen) atoms. The van der Waals surface area contributed by atoms with Crippen molar-refractivity contribution >= 4 is 45.5 Å². The molecule has 0 unspecified atom stereocenters. The van der Waals surface area contributed by atoms with E-state index in [1.165, 1.54) is 18.2 Å². The number of nitro benzene ring substituents is 1. The van der Waals surface area contributed by atoms with Gasteiger partial charge in [0.15, 0.2) is 0 Å². The summed E-state index contributed by atoms with van der Waals surface area (Å²) in [5.41, 5.74) is 0.872. The van der Waals surface area contributed by atoms with Crippen LogP contribution in [0.1, 0.15) is 11.1 Å². The van der Waals surface area contributed by atoms with Gasteiger partial charge in [-0.15, -0.1) is 0 Å². The van der Waals surface area contributed by atoms with Gasteiger partial charge in [-0.05, 0) is 42.0 Å². The maximum atomic E-state index is 11.9. The molecule has 0 spiro atoms. The van der Waals surface area contributed by atoms with E-state index in [1.54, 1.807) is 30.3 Å². The SMILES string of the molecule is O=C1NC(=O)C(=Cc2cc(Br)ccc2OCc2ccc([N+](=O)[O-])cc2)C(=O)N1. The predicted octanol–water partition coefficient (Wildman–Crippen LogP) is 2.69. The van der Waals surface area contributed by atoms with Gasteiger partial charge >= 0.3 is 6.03 Å². The van der Waals surface area contributed by atoms with Gasteiger partial charge in [0, 0.05) is 22.2 Å². The fourth-order valence-electron chi connectivity index (χ4n) is 2.40. The number of carbonyl (C=O) groups excluding carboxylic acids is 3. The normalized spacial score (nSPS) is 13.6. The number of barbiturate groups is 1. The highest BCUT2D eigenvalue weighted by atomic mass is 79.9. The van der Waals surface area contributed by atoms with Gasteiger partial charge < -0.3 is 4.74 Å². The van der Waals surface area contributed by atoms with Crippen LogP contribution in [-0.4, -0.2) is 22.8 Å². The molecule has 1 aliphatic heterocycles. The van der Waals surface area contributed by atoms with E-state index in [0.717, 1.165) is 0 Å². The van der Waals surface area contributed by atoms with E-state index in [4.69, 9.17) is 4.74 Å². The van der Waals surface area contributed by atoms with Gasteiger partial charge in [0.25, 0.3) is 17.5 Å². The number of amides is 4. The van der Waals surface area contributed by atoms with E-state index in [2.05, 4.69) is 15.9 Å². The van der Waals surface area contributed by atoms with Crippen molar-refractivity contribution in [1.82, 2.24) is 10.6 Å². The summed E-state index contributed by atoms with van der Waals surface area (Å²) in [6.45, 7) is 0.118. The van der Waals surface area contributed by atoms with Crippen molar-refractivity contribution in [1.29, 1.82) is 0 Å². The Balaban J connectivity index is 1.84. The van der Waals surface area contributed by atoms with Crippen LogP contribution >= 0.6 is 15.9 Å². The van der Waals surface area contributed by atoms with Crippen molar-refractivity contribution in [2.45, 2.75) is 6.61 Å². The summed E-state index contributed by atoms with van der Waals surface area (Å²) in [4.78, 5) is 45.2. The molecule has 10 heteroatoms. The van der Waals surface area contributed by atoms with Gasteiger partial charge in [-0.2, -0.15) is 0 Å². The molecule has 9 nitrogen and oxygen atoms in total. The van der Waals surface area contributed by atoms with Crippen LogP contribution in [0.4, 0.5) is 10.5 Å². The molecule has 1 aliphatic rings. The number of benzene rings is 2. The number of nitrogens with one attached hydrogen (secondary N) is 2. The molecule has 0 saturated carbocycles. The summed E-state index contributed by atoms with van der Waals surface area (Å²) >= 11 is 3.31. The molecular formula is C18H12BrN3O6. The van der Waals surface area contributed by atoms with E-state index >= 15 is 0 Å². The van der Waals surface area contributed by atoms with Gasteiger partial charge in [-0.3, -0.25) is 30.3 Å². The number of non-ortho nitro benzene ring substituents is 1. The Labute approximate surface area is 166 Å². The van der Waals surface area contributed by atoms with Crippen LogP contribution in [0.15, 0.2) is 52.5 Å². The van der Waals surface area contributed by atoms with Crippen molar-refractivity contribution in [3.63, 3.8) is 0 Å². The fraction of sp³-hybridized carbons (Fsp3) is 0.0556. The van der Waals surface area contributed by atoms with Crippen molar-refractivity contribution in [3.05, 3.63) is 73.8 Å². The first-order chi connectivity index (χ1) is 13.3. The Kier molecular flexibility index (Phi) is 5.50. The summed E-state index contributed by atoms with van der Waals surface area (Å²) in [5.74, 6) is -1.24. The zero-order valence-electron chi connectivity index (χ0n) is 14.1. The third kappa shape index (κ3) is 4.41. The standard InChI is InChI=1S/C18H12BrN3O6/c19-12-3-6-15(28-9-10-1-4-13(5-2-10)22(26)27)11(7-12)8-14-16(23)20-18(25)21-17(14)24/h1-8H,9H2,(H2,20,21,23,24,25). The Morgan fingerprint density at radius 1 is 1.04 bits per heavy atom. The van der Waals surface area contributed by atoms with Gasteiger partial charge in [0.05, 0.1) is 4.92 Å². The molecule has 0 atom stereocenters. The van der Waals surface area contributed by atoms with Crippen molar-refractivity contribution in [2.75, 3.05) is 0 Å². The summed E-state index contributed by atoms with van der Waals surface area (Å²) < 4.78 is 6.44. The highest BCUT2D eigenvalue weighted by molar-refractivity contribution is 9.10. The maximum Gasteiger partial charge on any atom is 0.328 e. The lowest BCUT2D eigenvalue weighted by atomic mass is 10.1. The summed E-state index contributed by atoms with van der Waals surface area (Å²) in [6, 6.07) is 10.0. The number of ether oxygens (including phenoxy) is 1. The first kappa shape index (κ1) is 19.2. The van der Waals surface area contributed by atoms with Gasteiger partial charge in [-0.25, -0.2) is 4.79 Å². The Hall–Kier alpha value is -3.53. The number of hydrogen-bond acceptors (Lipinski definition) is 6. The third-order valence-corrected chi connectivity index (χ3v) is 4.25. The Morgan fingerprint density at radius 2 is 1.68 bits per heavy atom. The number of nitrogens with zero attached hydrogens (tertiary/aromatic N) is 1. The number of carbonyl (C=O) groups is 3. The summed E-state index contributed by atoms with van der Waals surface area (Å²) in [7, 11) is 0. The van der Waals surface area contributed by atoms with Crippen molar-refractivity contribution in [2.24, 2.45) is 0 Å². The number of halogens is 1. The van der Waals surface area contributed by atoms with Gasteiger partial charge in [-0.1, -0.05) is 15.9 Å². The molecule has 2 aromatic carbocycles. The molecule has 4 amide bonds. The van der Waals surface area contributed by atoms with Crippen LogP contribution < -0.4 is 15.4 Å². The predicted molar refractivity (Wildman–Crippen MR) is 101 cm³/mol. The summed E-state index contributed by atoms with van der Waals surface area (Å²) in [6.07, 6.45) is 1.31. The second-order valence-corrected chi connectivity index (χ2v) is 6.61. The molecule has 2 N–H and O–H groups in total. The lowest BCUT2D eigenvalue weighted by Gasteiger charge is -2.15. The van der Waals surface area contributed by atoms with Crippen LogP contribution in [0.25, 0.3) is 6.08 Å². The highest BCUT2D eigenvalue weighted by Gasteiger charge is 2.28.